The lowest BCUT2D eigenvalue weighted by Crippen LogP contribution is -2.23. The van der Waals surface area contributed by atoms with Crippen molar-refractivity contribution in [2.75, 3.05) is 0 Å². The Morgan fingerprint density at radius 1 is 1.30 bits per heavy atom. The van der Waals surface area contributed by atoms with E-state index in [2.05, 4.69) is 10.3 Å². The SMILES string of the molecule is CCc1cnc(CNC(=O)c2cc(F)c(F)c(F)c2)s1. The molecule has 1 N–H and O–H groups in total. The molecule has 0 bridgehead atoms. The summed E-state index contributed by atoms with van der Waals surface area (Å²) in [6, 6.07) is 1.32. The molecule has 0 aliphatic heterocycles. The van der Waals surface area contributed by atoms with Crippen LogP contribution in [0.3, 0.4) is 0 Å². The molecular formula is C13H11F3N2OS. The van der Waals surface area contributed by atoms with Gasteiger partial charge < -0.3 is 5.32 Å². The van der Waals surface area contributed by atoms with E-state index in [1.54, 1.807) is 6.20 Å². The van der Waals surface area contributed by atoms with Gasteiger partial charge in [-0.25, -0.2) is 18.2 Å². The smallest absolute Gasteiger partial charge is 0.251 e. The summed E-state index contributed by atoms with van der Waals surface area (Å²) in [5, 5.41) is 3.17. The number of carbonyl (C=O) groups excluding carboxylic acids is 1. The second-order valence-corrected chi connectivity index (χ2v) is 5.21. The number of rotatable bonds is 4. The lowest BCUT2D eigenvalue weighted by Gasteiger charge is -2.04. The average molecular weight is 300 g/mol. The maximum Gasteiger partial charge on any atom is 0.251 e. The molecule has 7 heteroatoms. The van der Waals surface area contributed by atoms with Gasteiger partial charge in [-0.15, -0.1) is 11.3 Å². The fourth-order valence-corrected chi connectivity index (χ4v) is 2.34. The molecule has 0 radical (unpaired) electrons. The van der Waals surface area contributed by atoms with Crippen LogP contribution in [-0.2, 0) is 13.0 Å². The Kier molecular flexibility index (Phi) is 4.39. The number of hydrogen-bond acceptors (Lipinski definition) is 3. The molecule has 0 aliphatic carbocycles. The first-order valence-electron chi connectivity index (χ1n) is 5.87. The van der Waals surface area contributed by atoms with Gasteiger partial charge in [-0.05, 0) is 18.6 Å². The van der Waals surface area contributed by atoms with E-state index in [1.807, 2.05) is 6.92 Å². The maximum atomic E-state index is 13.0. The highest BCUT2D eigenvalue weighted by atomic mass is 32.1. The zero-order chi connectivity index (χ0) is 14.7. The third kappa shape index (κ3) is 3.16. The van der Waals surface area contributed by atoms with Crippen LogP contribution >= 0.6 is 11.3 Å². The second kappa shape index (κ2) is 6.04. The molecule has 0 saturated carbocycles. The molecule has 0 fully saturated rings. The average Bonchev–Trinajstić information content (AvgIpc) is 2.89. The predicted molar refractivity (Wildman–Crippen MR) is 69.0 cm³/mol. The van der Waals surface area contributed by atoms with E-state index in [4.69, 9.17) is 0 Å². The number of thiazole rings is 1. The van der Waals surface area contributed by atoms with Gasteiger partial charge >= 0.3 is 0 Å². The number of amides is 1. The van der Waals surface area contributed by atoms with Crippen LogP contribution in [0.15, 0.2) is 18.3 Å². The largest absolute Gasteiger partial charge is 0.346 e. The van der Waals surface area contributed by atoms with E-state index in [0.29, 0.717) is 17.1 Å². The number of nitrogens with one attached hydrogen (secondary N) is 1. The summed E-state index contributed by atoms with van der Waals surface area (Å²) in [4.78, 5) is 16.9. The third-order valence-corrected chi connectivity index (χ3v) is 3.74. The predicted octanol–water partition coefficient (Wildman–Crippen LogP) is 3.05. The second-order valence-electron chi connectivity index (χ2n) is 4.01. The Hall–Kier alpha value is -1.89. The number of hydrogen-bond donors (Lipinski definition) is 1. The molecule has 1 amide bonds. The lowest BCUT2D eigenvalue weighted by atomic mass is 10.2. The van der Waals surface area contributed by atoms with Crippen LogP contribution in [-0.4, -0.2) is 10.9 Å². The van der Waals surface area contributed by atoms with Gasteiger partial charge in [-0.1, -0.05) is 6.92 Å². The molecule has 0 aliphatic rings. The number of aryl methyl sites for hydroxylation is 1. The third-order valence-electron chi connectivity index (χ3n) is 2.60. The molecule has 1 heterocycles. The standard InChI is InChI=1S/C13H11F3N2OS/c1-2-8-5-17-11(20-8)6-18-13(19)7-3-9(14)12(16)10(15)4-7/h3-5H,2,6H2,1H3,(H,18,19). The summed E-state index contributed by atoms with van der Waals surface area (Å²) in [5.74, 6) is -5.06. The summed E-state index contributed by atoms with van der Waals surface area (Å²) >= 11 is 1.44. The molecule has 1 aromatic carbocycles. The molecule has 0 unspecified atom stereocenters. The van der Waals surface area contributed by atoms with Crippen LogP contribution in [0.25, 0.3) is 0 Å². The van der Waals surface area contributed by atoms with Crippen LogP contribution in [0, 0.1) is 17.5 Å². The van der Waals surface area contributed by atoms with Gasteiger partial charge in [0.25, 0.3) is 5.91 Å². The topological polar surface area (TPSA) is 42.0 Å². The van der Waals surface area contributed by atoms with Gasteiger partial charge in [-0.3, -0.25) is 4.79 Å². The molecule has 2 aromatic rings. The summed E-state index contributed by atoms with van der Waals surface area (Å²) in [6.07, 6.45) is 2.56. The zero-order valence-corrected chi connectivity index (χ0v) is 11.4. The number of nitrogens with zero attached hydrogens (tertiary/aromatic N) is 1. The first-order valence-corrected chi connectivity index (χ1v) is 6.69. The van der Waals surface area contributed by atoms with Crippen molar-refractivity contribution in [2.45, 2.75) is 19.9 Å². The van der Waals surface area contributed by atoms with Crippen molar-refractivity contribution >= 4 is 17.2 Å². The van der Waals surface area contributed by atoms with Gasteiger partial charge in [0.1, 0.15) is 5.01 Å². The molecule has 0 spiro atoms. The number of benzene rings is 1. The highest BCUT2D eigenvalue weighted by Crippen LogP contribution is 2.15. The first kappa shape index (κ1) is 14.5. The van der Waals surface area contributed by atoms with Crippen LogP contribution < -0.4 is 5.32 Å². The molecule has 3 nitrogen and oxygen atoms in total. The van der Waals surface area contributed by atoms with Gasteiger partial charge in [-0.2, -0.15) is 0 Å². The molecule has 2 rings (SSSR count). The Bertz CT molecular complexity index is 619. The van der Waals surface area contributed by atoms with E-state index in [0.717, 1.165) is 11.3 Å². The van der Waals surface area contributed by atoms with E-state index >= 15 is 0 Å². The summed E-state index contributed by atoms with van der Waals surface area (Å²) < 4.78 is 38.8. The Morgan fingerprint density at radius 2 is 1.95 bits per heavy atom. The molecule has 106 valence electrons. The lowest BCUT2D eigenvalue weighted by molar-refractivity contribution is 0.0949. The van der Waals surface area contributed by atoms with E-state index in [1.165, 1.54) is 11.3 Å². The Balaban J connectivity index is 2.05. The normalized spacial score (nSPS) is 10.6. The fourth-order valence-electron chi connectivity index (χ4n) is 1.54. The van der Waals surface area contributed by atoms with Crippen molar-refractivity contribution in [2.24, 2.45) is 0 Å². The van der Waals surface area contributed by atoms with Gasteiger partial charge in [0, 0.05) is 16.6 Å². The zero-order valence-electron chi connectivity index (χ0n) is 10.5. The van der Waals surface area contributed by atoms with Crippen molar-refractivity contribution < 1.29 is 18.0 Å². The molecule has 0 saturated heterocycles. The van der Waals surface area contributed by atoms with Crippen LogP contribution in [0.2, 0.25) is 0 Å². The number of aromatic nitrogens is 1. The Morgan fingerprint density at radius 3 is 2.50 bits per heavy atom. The van der Waals surface area contributed by atoms with E-state index in [-0.39, 0.29) is 12.1 Å². The first-order chi connectivity index (χ1) is 9.51. The fraction of sp³-hybridized carbons (Fsp3) is 0.231. The van der Waals surface area contributed by atoms with E-state index < -0.39 is 23.4 Å². The Labute approximate surface area is 117 Å². The number of carbonyl (C=O) groups is 1. The van der Waals surface area contributed by atoms with Crippen molar-refractivity contribution in [3.63, 3.8) is 0 Å². The minimum atomic E-state index is -1.59. The summed E-state index contributed by atoms with van der Waals surface area (Å²) in [7, 11) is 0. The molecule has 1 aromatic heterocycles. The summed E-state index contributed by atoms with van der Waals surface area (Å²) in [6.45, 7) is 2.14. The van der Waals surface area contributed by atoms with E-state index in [9.17, 15) is 18.0 Å². The highest BCUT2D eigenvalue weighted by Gasteiger charge is 2.15. The number of halogens is 3. The molecule has 20 heavy (non-hydrogen) atoms. The summed E-state index contributed by atoms with van der Waals surface area (Å²) in [5.41, 5.74) is -0.270. The maximum absolute atomic E-state index is 13.0. The van der Waals surface area contributed by atoms with Gasteiger partial charge in [0.05, 0.1) is 6.54 Å². The van der Waals surface area contributed by atoms with Crippen molar-refractivity contribution in [3.05, 3.63) is 51.2 Å². The minimum absolute atomic E-state index is 0.157. The van der Waals surface area contributed by atoms with Crippen molar-refractivity contribution in [1.29, 1.82) is 0 Å². The highest BCUT2D eigenvalue weighted by molar-refractivity contribution is 7.11. The van der Waals surface area contributed by atoms with Crippen LogP contribution in [0.4, 0.5) is 13.2 Å². The van der Waals surface area contributed by atoms with Crippen LogP contribution in [0.5, 0.6) is 0 Å². The molecular weight excluding hydrogens is 289 g/mol. The molecule has 0 atom stereocenters. The quantitative estimate of drug-likeness (QED) is 0.882. The van der Waals surface area contributed by atoms with Crippen molar-refractivity contribution in [3.8, 4) is 0 Å². The van der Waals surface area contributed by atoms with Gasteiger partial charge in [0.15, 0.2) is 17.5 Å². The van der Waals surface area contributed by atoms with Crippen LogP contribution in [0.1, 0.15) is 27.2 Å². The van der Waals surface area contributed by atoms with Crippen molar-refractivity contribution in [1.82, 2.24) is 10.3 Å². The minimum Gasteiger partial charge on any atom is -0.346 e. The van der Waals surface area contributed by atoms with Gasteiger partial charge in [0.2, 0.25) is 0 Å². The monoisotopic (exact) mass is 300 g/mol.